The largest absolute Gasteiger partial charge is 0.341 e. The van der Waals surface area contributed by atoms with Crippen LogP contribution in [0.25, 0.3) is 0 Å². The molecule has 12 heavy (non-hydrogen) atoms. The maximum Gasteiger partial charge on any atom is 0.239 e. The van der Waals surface area contributed by atoms with Crippen LogP contribution in [0.15, 0.2) is 0 Å². The lowest BCUT2D eigenvalue weighted by atomic mass is 10.2. The van der Waals surface area contributed by atoms with Crippen LogP contribution in [0.2, 0.25) is 0 Å². The summed E-state index contributed by atoms with van der Waals surface area (Å²) < 4.78 is 0. The standard InChI is InChI=1S/C8H16N2OS/c1-6(9)8(11)10(2)7-3-4-12-5-7/h6-7H,3-5,9H2,1-2H3/t6-,7-/m1/s1. The number of likely N-dealkylation sites (N-methyl/N-ethyl adjacent to an activating group) is 1. The molecule has 4 heteroatoms. The number of thioether (sulfide) groups is 1. The normalized spacial score (nSPS) is 25.4. The molecule has 0 saturated carbocycles. The number of rotatable bonds is 2. The van der Waals surface area contributed by atoms with Crippen LogP contribution < -0.4 is 5.73 Å². The molecule has 0 radical (unpaired) electrons. The molecule has 0 aliphatic carbocycles. The average Bonchev–Trinajstić information content (AvgIpc) is 2.53. The second-order valence-electron chi connectivity index (χ2n) is 3.26. The third kappa shape index (κ3) is 2.14. The molecule has 3 nitrogen and oxygen atoms in total. The van der Waals surface area contributed by atoms with Crippen LogP contribution in [0.1, 0.15) is 13.3 Å². The fourth-order valence-electron chi connectivity index (χ4n) is 1.33. The third-order valence-electron chi connectivity index (χ3n) is 2.19. The van der Waals surface area contributed by atoms with Crippen LogP contribution in [0.4, 0.5) is 0 Å². The summed E-state index contributed by atoms with van der Waals surface area (Å²) in [6, 6.07) is 0.0501. The number of carbonyl (C=O) groups excluding carboxylic acids is 1. The van der Waals surface area contributed by atoms with E-state index in [1.807, 2.05) is 18.8 Å². The summed E-state index contributed by atoms with van der Waals surface area (Å²) in [4.78, 5) is 13.2. The summed E-state index contributed by atoms with van der Waals surface area (Å²) in [5.74, 6) is 2.29. The molecule has 1 heterocycles. The van der Waals surface area contributed by atoms with Gasteiger partial charge < -0.3 is 10.6 Å². The molecular formula is C8H16N2OS. The number of hydrogen-bond donors (Lipinski definition) is 1. The van der Waals surface area contributed by atoms with E-state index in [0.29, 0.717) is 6.04 Å². The highest BCUT2D eigenvalue weighted by Crippen LogP contribution is 2.21. The third-order valence-corrected chi connectivity index (χ3v) is 3.34. The van der Waals surface area contributed by atoms with E-state index >= 15 is 0 Å². The number of nitrogens with two attached hydrogens (primary N) is 1. The summed E-state index contributed by atoms with van der Waals surface area (Å²) in [6.07, 6.45) is 1.11. The summed E-state index contributed by atoms with van der Waals surface area (Å²) in [7, 11) is 1.85. The van der Waals surface area contributed by atoms with E-state index in [2.05, 4.69) is 0 Å². The van der Waals surface area contributed by atoms with E-state index < -0.39 is 0 Å². The second kappa shape index (κ2) is 4.14. The Hall–Kier alpha value is -0.220. The monoisotopic (exact) mass is 188 g/mol. The Labute approximate surface area is 77.7 Å². The summed E-state index contributed by atoms with van der Waals surface area (Å²) in [5.41, 5.74) is 5.51. The van der Waals surface area contributed by atoms with Crippen LogP contribution in [0, 0.1) is 0 Å². The molecular weight excluding hydrogens is 172 g/mol. The molecule has 0 aromatic carbocycles. The molecule has 0 spiro atoms. The zero-order chi connectivity index (χ0) is 9.14. The molecule has 1 rings (SSSR count). The van der Waals surface area contributed by atoms with Crippen molar-refractivity contribution < 1.29 is 4.79 Å². The molecule has 0 bridgehead atoms. The van der Waals surface area contributed by atoms with E-state index in [1.54, 1.807) is 11.8 Å². The maximum absolute atomic E-state index is 11.4. The van der Waals surface area contributed by atoms with Crippen LogP contribution in [-0.2, 0) is 4.79 Å². The lowest BCUT2D eigenvalue weighted by Crippen LogP contribution is -2.45. The Morgan fingerprint density at radius 1 is 1.75 bits per heavy atom. The highest BCUT2D eigenvalue weighted by Gasteiger charge is 2.25. The van der Waals surface area contributed by atoms with Gasteiger partial charge in [-0.25, -0.2) is 0 Å². The molecule has 1 aliphatic rings. The van der Waals surface area contributed by atoms with Gasteiger partial charge in [0, 0.05) is 18.8 Å². The van der Waals surface area contributed by atoms with E-state index in [-0.39, 0.29) is 11.9 Å². The maximum atomic E-state index is 11.4. The molecule has 1 amide bonds. The molecule has 0 aromatic rings. The predicted octanol–water partition coefficient (Wildman–Crippen LogP) is 0.298. The predicted molar refractivity (Wildman–Crippen MR) is 52.1 cm³/mol. The molecule has 1 saturated heterocycles. The van der Waals surface area contributed by atoms with Gasteiger partial charge in [0.1, 0.15) is 0 Å². The van der Waals surface area contributed by atoms with Gasteiger partial charge in [0.25, 0.3) is 0 Å². The molecule has 70 valence electrons. The fraction of sp³-hybridized carbons (Fsp3) is 0.875. The number of carbonyl (C=O) groups is 1. The van der Waals surface area contributed by atoms with Gasteiger partial charge in [-0.15, -0.1) is 0 Å². The van der Waals surface area contributed by atoms with E-state index in [9.17, 15) is 4.79 Å². The van der Waals surface area contributed by atoms with Crippen molar-refractivity contribution in [1.29, 1.82) is 0 Å². The first kappa shape index (κ1) is 9.86. The van der Waals surface area contributed by atoms with Crippen molar-refractivity contribution in [2.45, 2.75) is 25.4 Å². The smallest absolute Gasteiger partial charge is 0.239 e. The quantitative estimate of drug-likeness (QED) is 0.678. The zero-order valence-corrected chi connectivity index (χ0v) is 8.43. The van der Waals surface area contributed by atoms with Crippen LogP contribution in [-0.4, -0.2) is 41.4 Å². The Bertz CT molecular complexity index is 166. The van der Waals surface area contributed by atoms with Crippen molar-refractivity contribution in [3.63, 3.8) is 0 Å². The minimum absolute atomic E-state index is 0.0579. The minimum atomic E-state index is -0.361. The lowest BCUT2D eigenvalue weighted by Gasteiger charge is -2.25. The van der Waals surface area contributed by atoms with Crippen LogP contribution >= 0.6 is 11.8 Å². The highest BCUT2D eigenvalue weighted by atomic mass is 32.2. The molecule has 0 aromatic heterocycles. The Morgan fingerprint density at radius 2 is 2.42 bits per heavy atom. The molecule has 0 unspecified atom stereocenters. The van der Waals surface area contributed by atoms with Crippen molar-refractivity contribution >= 4 is 17.7 Å². The van der Waals surface area contributed by atoms with Crippen molar-refractivity contribution in [2.75, 3.05) is 18.6 Å². The van der Waals surface area contributed by atoms with Gasteiger partial charge in [-0.05, 0) is 19.1 Å². The first-order valence-corrected chi connectivity index (χ1v) is 5.38. The molecule has 2 atom stereocenters. The zero-order valence-electron chi connectivity index (χ0n) is 7.62. The Kier molecular flexibility index (Phi) is 3.40. The van der Waals surface area contributed by atoms with Crippen molar-refractivity contribution in [3.05, 3.63) is 0 Å². The van der Waals surface area contributed by atoms with Gasteiger partial charge in [-0.3, -0.25) is 4.79 Å². The van der Waals surface area contributed by atoms with E-state index in [0.717, 1.165) is 12.2 Å². The van der Waals surface area contributed by atoms with Gasteiger partial charge in [-0.1, -0.05) is 0 Å². The second-order valence-corrected chi connectivity index (χ2v) is 4.41. The highest BCUT2D eigenvalue weighted by molar-refractivity contribution is 7.99. The lowest BCUT2D eigenvalue weighted by molar-refractivity contribution is -0.132. The number of hydrogen-bond acceptors (Lipinski definition) is 3. The molecule has 1 aliphatic heterocycles. The fourth-order valence-corrected chi connectivity index (χ4v) is 2.60. The van der Waals surface area contributed by atoms with Crippen molar-refractivity contribution in [2.24, 2.45) is 5.73 Å². The first-order chi connectivity index (χ1) is 5.63. The average molecular weight is 188 g/mol. The Balaban J connectivity index is 2.45. The van der Waals surface area contributed by atoms with Crippen LogP contribution in [0.5, 0.6) is 0 Å². The van der Waals surface area contributed by atoms with Crippen molar-refractivity contribution in [3.8, 4) is 0 Å². The first-order valence-electron chi connectivity index (χ1n) is 4.23. The van der Waals surface area contributed by atoms with Gasteiger partial charge in [-0.2, -0.15) is 11.8 Å². The molecule has 2 N–H and O–H groups in total. The topological polar surface area (TPSA) is 46.3 Å². The van der Waals surface area contributed by atoms with E-state index in [1.165, 1.54) is 5.75 Å². The van der Waals surface area contributed by atoms with Gasteiger partial charge >= 0.3 is 0 Å². The van der Waals surface area contributed by atoms with Gasteiger partial charge in [0.05, 0.1) is 6.04 Å². The molecule has 1 fully saturated rings. The van der Waals surface area contributed by atoms with Crippen molar-refractivity contribution in [1.82, 2.24) is 4.90 Å². The summed E-state index contributed by atoms with van der Waals surface area (Å²) >= 11 is 1.90. The summed E-state index contributed by atoms with van der Waals surface area (Å²) in [6.45, 7) is 1.74. The Morgan fingerprint density at radius 3 is 2.83 bits per heavy atom. The van der Waals surface area contributed by atoms with Gasteiger partial charge in [0.15, 0.2) is 0 Å². The van der Waals surface area contributed by atoms with E-state index in [4.69, 9.17) is 5.73 Å². The van der Waals surface area contributed by atoms with Gasteiger partial charge in [0.2, 0.25) is 5.91 Å². The SMILES string of the molecule is C[C@@H](N)C(=O)N(C)[C@@H]1CCSC1. The van der Waals surface area contributed by atoms with Crippen LogP contribution in [0.3, 0.4) is 0 Å². The number of nitrogens with zero attached hydrogens (tertiary/aromatic N) is 1. The summed E-state index contributed by atoms with van der Waals surface area (Å²) in [5, 5.41) is 0. The number of amides is 1. The minimum Gasteiger partial charge on any atom is -0.341 e.